The van der Waals surface area contributed by atoms with E-state index in [0.717, 1.165) is 8.35 Å². The van der Waals surface area contributed by atoms with E-state index in [2.05, 4.69) is 29.7 Å². The van der Waals surface area contributed by atoms with Crippen molar-refractivity contribution < 1.29 is 0 Å². The summed E-state index contributed by atoms with van der Waals surface area (Å²) in [6.45, 7) is 2.09. The van der Waals surface area contributed by atoms with E-state index in [1.165, 1.54) is 11.1 Å². The van der Waals surface area contributed by atoms with Crippen molar-refractivity contribution >= 4 is 13.9 Å². The molecule has 50 valence electrons. The Bertz CT molecular complexity index is 353. The first-order chi connectivity index (χ1) is 4.86. The van der Waals surface area contributed by atoms with Gasteiger partial charge in [0.2, 0.25) is 0 Å². The zero-order valence-corrected chi connectivity index (χ0v) is 6.55. The van der Waals surface area contributed by atoms with E-state index in [1.54, 1.807) is 0 Å². The molecule has 10 heavy (non-hydrogen) atoms. The van der Waals surface area contributed by atoms with Crippen LogP contribution in [0.4, 0.5) is 0 Å². The van der Waals surface area contributed by atoms with E-state index < -0.39 is 0 Å². The SMILES string of the molecule is Cc1ccn2npcc2c1. The van der Waals surface area contributed by atoms with Gasteiger partial charge < -0.3 is 0 Å². The van der Waals surface area contributed by atoms with Crippen LogP contribution in [-0.4, -0.2) is 9.38 Å². The molecular formula is C7H7N2P. The molecular weight excluding hydrogens is 143 g/mol. The number of fused-ring (bicyclic) bond motifs is 1. The summed E-state index contributed by atoms with van der Waals surface area (Å²) in [6, 6.07) is 4.19. The summed E-state index contributed by atoms with van der Waals surface area (Å²) in [5.74, 6) is 2.09. The number of hydrogen-bond donors (Lipinski definition) is 0. The molecule has 0 radical (unpaired) electrons. The Balaban J connectivity index is 2.86. The third-order valence-electron chi connectivity index (χ3n) is 1.46. The van der Waals surface area contributed by atoms with Gasteiger partial charge >= 0.3 is 0 Å². The van der Waals surface area contributed by atoms with Crippen LogP contribution in [-0.2, 0) is 0 Å². The molecule has 0 saturated carbocycles. The largest absolute Gasteiger partial charge is 0.237 e. The first kappa shape index (κ1) is 5.87. The van der Waals surface area contributed by atoms with E-state index >= 15 is 0 Å². The molecule has 0 unspecified atom stereocenters. The highest BCUT2D eigenvalue weighted by Crippen LogP contribution is 2.09. The Hall–Kier alpha value is -0.880. The average molecular weight is 150 g/mol. The van der Waals surface area contributed by atoms with Crippen LogP contribution in [0.5, 0.6) is 0 Å². The minimum atomic E-state index is 1.04. The molecule has 2 aromatic heterocycles. The Labute approximate surface area is 60.7 Å². The van der Waals surface area contributed by atoms with Crippen molar-refractivity contribution in [2.24, 2.45) is 0 Å². The lowest BCUT2D eigenvalue weighted by Crippen LogP contribution is -1.84. The Morgan fingerprint density at radius 2 is 2.50 bits per heavy atom. The highest BCUT2D eigenvalue weighted by atomic mass is 31.0. The van der Waals surface area contributed by atoms with Gasteiger partial charge in [-0.3, -0.25) is 0 Å². The van der Waals surface area contributed by atoms with Crippen LogP contribution >= 0.6 is 8.35 Å². The van der Waals surface area contributed by atoms with Crippen LogP contribution in [0.25, 0.3) is 5.52 Å². The summed E-state index contributed by atoms with van der Waals surface area (Å²) < 4.78 is 1.90. The summed E-state index contributed by atoms with van der Waals surface area (Å²) in [4.78, 5) is 4.17. The van der Waals surface area contributed by atoms with Gasteiger partial charge in [-0.05, 0) is 24.6 Å². The highest BCUT2D eigenvalue weighted by Gasteiger charge is 1.90. The first-order valence-corrected chi connectivity index (χ1v) is 4.04. The topological polar surface area (TPSA) is 17.3 Å². The predicted octanol–water partition coefficient (Wildman–Crippen LogP) is 2.22. The van der Waals surface area contributed by atoms with Crippen LogP contribution in [0.1, 0.15) is 5.56 Å². The summed E-state index contributed by atoms with van der Waals surface area (Å²) in [5.41, 5.74) is 2.48. The summed E-state index contributed by atoms with van der Waals surface area (Å²) in [6.07, 6.45) is 1.99. The number of aryl methyl sites for hydroxylation is 1. The Morgan fingerprint density at radius 1 is 1.60 bits per heavy atom. The van der Waals surface area contributed by atoms with Crippen LogP contribution < -0.4 is 0 Å². The van der Waals surface area contributed by atoms with Gasteiger partial charge in [-0.2, -0.15) is 0 Å². The predicted molar refractivity (Wildman–Crippen MR) is 42.4 cm³/mol. The van der Waals surface area contributed by atoms with Crippen molar-refractivity contribution in [3.63, 3.8) is 0 Å². The van der Waals surface area contributed by atoms with Gasteiger partial charge in [0.25, 0.3) is 0 Å². The maximum atomic E-state index is 4.17. The first-order valence-electron chi connectivity index (χ1n) is 3.13. The van der Waals surface area contributed by atoms with Crippen molar-refractivity contribution in [3.8, 4) is 0 Å². The molecule has 0 amide bonds. The van der Waals surface area contributed by atoms with E-state index in [9.17, 15) is 0 Å². The molecule has 2 aromatic rings. The van der Waals surface area contributed by atoms with Gasteiger partial charge in [0.05, 0.1) is 13.9 Å². The summed E-state index contributed by atoms with van der Waals surface area (Å²) >= 11 is 0. The molecule has 0 bridgehead atoms. The molecule has 0 aliphatic rings. The molecule has 0 N–H and O–H groups in total. The van der Waals surface area contributed by atoms with Crippen LogP contribution in [0.15, 0.2) is 24.1 Å². The van der Waals surface area contributed by atoms with E-state index in [4.69, 9.17) is 0 Å². The molecule has 2 heterocycles. The molecule has 2 nitrogen and oxygen atoms in total. The average Bonchev–Trinajstić information content (AvgIpc) is 2.33. The molecule has 0 aliphatic carbocycles. The monoisotopic (exact) mass is 150 g/mol. The fourth-order valence-corrected chi connectivity index (χ4v) is 1.58. The minimum Gasteiger partial charge on any atom is -0.237 e. The van der Waals surface area contributed by atoms with Crippen molar-refractivity contribution in [2.45, 2.75) is 6.92 Å². The van der Waals surface area contributed by atoms with Gasteiger partial charge in [0.1, 0.15) is 0 Å². The number of hydrogen-bond acceptors (Lipinski definition) is 1. The third-order valence-corrected chi connectivity index (χ3v) is 2.13. The minimum absolute atomic E-state index is 1.04. The Kier molecular flexibility index (Phi) is 1.21. The van der Waals surface area contributed by atoms with Crippen molar-refractivity contribution in [1.29, 1.82) is 0 Å². The lowest BCUT2D eigenvalue weighted by atomic mass is 10.3. The smallest absolute Gasteiger partial charge is 0.0712 e. The van der Waals surface area contributed by atoms with Crippen molar-refractivity contribution in [3.05, 3.63) is 29.7 Å². The molecule has 3 heteroatoms. The van der Waals surface area contributed by atoms with E-state index in [1.807, 2.05) is 10.7 Å². The number of pyridine rings is 1. The lowest BCUT2D eigenvalue weighted by Gasteiger charge is -1.92. The molecule has 2 rings (SSSR count). The maximum absolute atomic E-state index is 4.17. The van der Waals surface area contributed by atoms with Gasteiger partial charge in [-0.1, -0.05) is 0 Å². The second-order valence-electron chi connectivity index (χ2n) is 2.31. The van der Waals surface area contributed by atoms with Gasteiger partial charge in [0.15, 0.2) is 0 Å². The molecule has 0 spiro atoms. The maximum Gasteiger partial charge on any atom is 0.0712 e. The van der Waals surface area contributed by atoms with Crippen LogP contribution in [0.2, 0.25) is 0 Å². The molecule has 0 saturated heterocycles. The van der Waals surface area contributed by atoms with Crippen molar-refractivity contribution in [2.75, 3.05) is 0 Å². The third kappa shape index (κ3) is 0.812. The molecule has 0 aliphatic heterocycles. The highest BCUT2D eigenvalue weighted by molar-refractivity contribution is 7.24. The standard InChI is InChI=1S/C7H7N2P/c1-6-2-3-9-7(4-6)5-10-8-9/h2-5H,1H3. The quantitative estimate of drug-likeness (QED) is 0.562. The normalized spacial score (nSPS) is 11.3. The zero-order chi connectivity index (χ0) is 6.97. The number of nitrogens with zero attached hydrogens (tertiary/aromatic N) is 2. The van der Waals surface area contributed by atoms with E-state index in [-0.39, 0.29) is 0 Å². The zero-order valence-electron chi connectivity index (χ0n) is 5.65. The Morgan fingerprint density at radius 3 is 3.40 bits per heavy atom. The van der Waals surface area contributed by atoms with E-state index in [0.29, 0.717) is 0 Å². The molecule has 0 aromatic carbocycles. The summed E-state index contributed by atoms with van der Waals surface area (Å²) in [5, 5.41) is 0. The molecule has 0 fully saturated rings. The van der Waals surface area contributed by atoms with Gasteiger partial charge in [-0.15, -0.1) is 4.86 Å². The van der Waals surface area contributed by atoms with Gasteiger partial charge in [0, 0.05) is 12.0 Å². The fraction of sp³-hybridized carbons (Fsp3) is 0.143. The number of aromatic nitrogens is 2. The van der Waals surface area contributed by atoms with Gasteiger partial charge in [-0.25, -0.2) is 4.52 Å². The number of rotatable bonds is 0. The second kappa shape index (κ2) is 2.06. The lowest BCUT2D eigenvalue weighted by molar-refractivity contribution is 1.01. The van der Waals surface area contributed by atoms with Crippen LogP contribution in [0, 0.1) is 6.92 Å². The fourth-order valence-electron chi connectivity index (χ4n) is 0.940. The summed E-state index contributed by atoms with van der Waals surface area (Å²) in [7, 11) is 1.04. The van der Waals surface area contributed by atoms with Crippen LogP contribution in [0.3, 0.4) is 0 Å². The van der Waals surface area contributed by atoms with Crippen molar-refractivity contribution in [1.82, 2.24) is 9.38 Å². The molecule has 0 atom stereocenters. The second-order valence-corrected chi connectivity index (χ2v) is 2.98.